The van der Waals surface area contributed by atoms with Crippen molar-refractivity contribution < 1.29 is 13.9 Å². The van der Waals surface area contributed by atoms with Gasteiger partial charge in [0.05, 0.1) is 23.9 Å². The highest BCUT2D eigenvalue weighted by atomic mass is 35.5. The number of carbonyl (C=O) groups is 1. The summed E-state index contributed by atoms with van der Waals surface area (Å²) in [6.45, 7) is 0. The normalized spacial score (nSPS) is 11.1. The summed E-state index contributed by atoms with van der Waals surface area (Å²) in [7, 11) is 1.29. The number of benzene rings is 1. The van der Waals surface area contributed by atoms with E-state index in [9.17, 15) is 4.79 Å². The maximum Gasteiger partial charge on any atom is 0.339 e. The number of tetrazole rings is 1. The van der Waals surface area contributed by atoms with Gasteiger partial charge in [0.25, 0.3) is 5.95 Å². The SMILES string of the molecule is COC(=O)c1cc(-c2ccc(C=Nn3nnnc3N)o2)ccc1Cl. The average Bonchev–Trinajstić information content (AvgIpc) is 3.21. The average molecular weight is 347 g/mol. The number of carbonyl (C=O) groups excluding carboxylic acids is 1. The molecule has 1 aromatic carbocycles. The van der Waals surface area contributed by atoms with E-state index in [1.54, 1.807) is 30.3 Å². The van der Waals surface area contributed by atoms with Crippen LogP contribution in [0.15, 0.2) is 39.9 Å². The first-order valence-corrected chi connectivity index (χ1v) is 7.02. The van der Waals surface area contributed by atoms with Gasteiger partial charge in [0, 0.05) is 5.56 Å². The van der Waals surface area contributed by atoms with Crippen LogP contribution in [0.2, 0.25) is 5.02 Å². The number of hydrogen-bond acceptors (Lipinski definition) is 8. The number of ether oxygens (including phenoxy) is 1. The number of aromatic nitrogens is 4. The van der Waals surface area contributed by atoms with E-state index in [2.05, 4.69) is 20.6 Å². The molecule has 0 aliphatic rings. The Hall–Kier alpha value is -3.20. The summed E-state index contributed by atoms with van der Waals surface area (Å²) in [6, 6.07) is 8.35. The molecule has 0 atom stereocenters. The van der Waals surface area contributed by atoms with Crippen molar-refractivity contribution in [3.05, 3.63) is 46.7 Å². The summed E-state index contributed by atoms with van der Waals surface area (Å²) < 4.78 is 10.3. The van der Waals surface area contributed by atoms with Crippen LogP contribution in [0.25, 0.3) is 11.3 Å². The van der Waals surface area contributed by atoms with E-state index in [0.717, 1.165) is 4.79 Å². The monoisotopic (exact) mass is 346 g/mol. The molecule has 2 N–H and O–H groups in total. The van der Waals surface area contributed by atoms with E-state index >= 15 is 0 Å². The number of esters is 1. The lowest BCUT2D eigenvalue weighted by Gasteiger charge is -2.04. The van der Waals surface area contributed by atoms with Crippen LogP contribution in [0.4, 0.5) is 5.95 Å². The van der Waals surface area contributed by atoms with Crippen molar-refractivity contribution in [2.75, 3.05) is 12.8 Å². The Kier molecular flexibility index (Phi) is 4.25. The minimum absolute atomic E-state index is 0.0541. The van der Waals surface area contributed by atoms with Gasteiger partial charge in [-0.15, -0.1) is 0 Å². The summed E-state index contributed by atoms with van der Waals surface area (Å²) in [4.78, 5) is 12.8. The zero-order chi connectivity index (χ0) is 17.1. The summed E-state index contributed by atoms with van der Waals surface area (Å²) in [6.07, 6.45) is 1.41. The first-order valence-electron chi connectivity index (χ1n) is 6.65. The van der Waals surface area contributed by atoms with Crippen LogP contribution in [0.1, 0.15) is 16.1 Å². The van der Waals surface area contributed by atoms with Crippen LogP contribution in [0, 0.1) is 0 Å². The van der Waals surface area contributed by atoms with Crippen LogP contribution in [0.5, 0.6) is 0 Å². The summed E-state index contributed by atoms with van der Waals surface area (Å²) in [5, 5.41) is 14.7. The Bertz CT molecular complexity index is 917. The van der Waals surface area contributed by atoms with Crippen molar-refractivity contribution in [1.29, 1.82) is 0 Å². The number of hydrogen-bond donors (Lipinski definition) is 1. The molecule has 0 saturated carbocycles. The number of furan rings is 1. The number of methoxy groups -OCH3 is 1. The second-order valence-electron chi connectivity index (χ2n) is 4.56. The number of nitrogens with zero attached hydrogens (tertiary/aromatic N) is 5. The smallest absolute Gasteiger partial charge is 0.339 e. The molecule has 0 fully saturated rings. The predicted octanol–water partition coefficient (Wildman–Crippen LogP) is 1.84. The molecule has 0 saturated heterocycles. The van der Waals surface area contributed by atoms with E-state index in [1.165, 1.54) is 13.3 Å². The van der Waals surface area contributed by atoms with Gasteiger partial charge in [-0.05, 0) is 40.8 Å². The van der Waals surface area contributed by atoms with E-state index in [1.807, 2.05) is 0 Å². The van der Waals surface area contributed by atoms with Gasteiger partial charge < -0.3 is 14.9 Å². The first-order chi connectivity index (χ1) is 11.6. The van der Waals surface area contributed by atoms with E-state index in [-0.39, 0.29) is 11.5 Å². The molecule has 24 heavy (non-hydrogen) atoms. The molecule has 122 valence electrons. The predicted molar refractivity (Wildman–Crippen MR) is 85.7 cm³/mol. The summed E-state index contributed by atoms with van der Waals surface area (Å²) >= 11 is 6.00. The van der Waals surface area contributed by atoms with Gasteiger partial charge in [-0.1, -0.05) is 21.5 Å². The fourth-order valence-corrected chi connectivity index (χ4v) is 2.10. The van der Waals surface area contributed by atoms with Crippen molar-refractivity contribution in [3.8, 4) is 11.3 Å². The minimum atomic E-state index is -0.524. The van der Waals surface area contributed by atoms with Crippen LogP contribution in [-0.2, 0) is 4.74 Å². The molecule has 10 heteroatoms. The van der Waals surface area contributed by atoms with Crippen molar-refractivity contribution in [2.24, 2.45) is 5.10 Å². The third-order valence-electron chi connectivity index (χ3n) is 3.05. The highest BCUT2D eigenvalue weighted by Crippen LogP contribution is 2.27. The fraction of sp³-hybridized carbons (Fsp3) is 0.0714. The Labute approximate surface area is 140 Å². The highest BCUT2D eigenvalue weighted by Gasteiger charge is 2.13. The lowest BCUT2D eigenvalue weighted by atomic mass is 10.1. The second kappa shape index (κ2) is 6.50. The molecule has 9 nitrogen and oxygen atoms in total. The molecule has 0 bridgehead atoms. The summed E-state index contributed by atoms with van der Waals surface area (Å²) in [5.74, 6) is 0.514. The number of rotatable bonds is 4. The van der Waals surface area contributed by atoms with Crippen LogP contribution in [-0.4, -0.2) is 39.6 Å². The number of nitrogen functional groups attached to an aromatic ring is 1. The van der Waals surface area contributed by atoms with Crippen LogP contribution >= 0.6 is 11.6 Å². The Balaban J connectivity index is 1.87. The number of anilines is 1. The standard InChI is InChI=1S/C14H11ClN6O3/c1-23-13(22)10-6-8(2-4-11(10)15)12-5-3-9(24-12)7-17-21-14(16)18-19-20-21/h2-7H,1H3,(H2,16,18,20). The highest BCUT2D eigenvalue weighted by molar-refractivity contribution is 6.33. The van der Waals surface area contributed by atoms with Gasteiger partial charge in [-0.25, -0.2) is 4.79 Å². The quantitative estimate of drug-likeness (QED) is 0.565. The molecule has 3 aromatic rings. The third-order valence-corrected chi connectivity index (χ3v) is 3.38. The molecule has 0 amide bonds. The zero-order valence-electron chi connectivity index (χ0n) is 12.4. The third kappa shape index (κ3) is 3.10. The molecule has 2 aromatic heterocycles. The number of nitrogens with two attached hydrogens (primary N) is 1. The second-order valence-corrected chi connectivity index (χ2v) is 4.97. The van der Waals surface area contributed by atoms with E-state index in [4.69, 9.17) is 26.5 Å². The fourth-order valence-electron chi connectivity index (χ4n) is 1.91. The Morgan fingerprint density at radius 3 is 2.96 bits per heavy atom. The van der Waals surface area contributed by atoms with E-state index in [0.29, 0.717) is 22.1 Å². The lowest BCUT2D eigenvalue weighted by molar-refractivity contribution is 0.0601. The molecular weight excluding hydrogens is 336 g/mol. The van der Waals surface area contributed by atoms with Crippen LogP contribution < -0.4 is 5.73 Å². The topological polar surface area (TPSA) is 121 Å². The Morgan fingerprint density at radius 2 is 2.25 bits per heavy atom. The van der Waals surface area contributed by atoms with Crippen molar-refractivity contribution in [3.63, 3.8) is 0 Å². The molecule has 0 unspecified atom stereocenters. The van der Waals surface area contributed by atoms with Gasteiger partial charge in [0.2, 0.25) is 0 Å². The van der Waals surface area contributed by atoms with Gasteiger partial charge in [0.15, 0.2) is 0 Å². The van der Waals surface area contributed by atoms with Crippen molar-refractivity contribution in [2.45, 2.75) is 0 Å². The lowest BCUT2D eigenvalue weighted by Crippen LogP contribution is -2.02. The van der Waals surface area contributed by atoms with Gasteiger partial charge >= 0.3 is 5.97 Å². The maximum absolute atomic E-state index is 11.7. The van der Waals surface area contributed by atoms with Crippen molar-refractivity contribution in [1.82, 2.24) is 20.3 Å². The molecule has 0 aliphatic carbocycles. The number of halogens is 1. The molecule has 2 heterocycles. The van der Waals surface area contributed by atoms with E-state index < -0.39 is 5.97 Å². The van der Waals surface area contributed by atoms with Gasteiger partial charge in [-0.3, -0.25) is 0 Å². The molecule has 0 aliphatic heterocycles. The van der Waals surface area contributed by atoms with Gasteiger partial charge in [-0.2, -0.15) is 5.10 Å². The van der Waals surface area contributed by atoms with Gasteiger partial charge in [0.1, 0.15) is 11.5 Å². The first kappa shape index (κ1) is 15.7. The molecule has 0 spiro atoms. The maximum atomic E-state index is 11.7. The minimum Gasteiger partial charge on any atom is -0.465 e. The van der Waals surface area contributed by atoms with Crippen molar-refractivity contribution >= 4 is 29.7 Å². The Morgan fingerprint density at radius 1 is 1.42 bits per heavy atom. The largest absolute Gasteiger partial charge is 0.465 e. The molecule has 3 rings (SSSR count). The zero-order valence-corrected chi connectivity index (χ0v) is 13.1. The molecular formula is C14H11ClN6O3. The molecule has 0 radical (unpaired) electrons. The van der Waals surface area contributed by atoms with Crippen LogP contribution in [0.3, 0.4) is 0 Å². The summed E-state index contributed by atoms with van der Waals surface area (Å²) in [5.41, 5.74) is 6.42.